The summed E-state index contributed by atoms with van der Waals surface area (Å²) < 4.78 is 14.0. The molecule has 0 aromatic heterocycles. The highest BCUT2D eigenvalue weighted by Crippen LogP contribution is 2.27. The van der Waals surface area contributed by atoms with Gasteiger partial charge < -0.3 is 15.1 Å². The van der Waals surface area contributed by atoms with Gasteiger partial charge in [0.1, 0.15) is 5.82 Å². The van der Waals surface area contributed by atoms with Crippen molar-refractivity contribution in [3.63, 3.8) is 0 Å². The molecule has 2 fully saturated rings. The summed E-state index contributed by atoms with van der Waals surface area (Å²) >= 11 is 0. The molecule has 4 nitrogen and oxygen atoms in total. The summed E-state index contributed by atoms with van der Waals surface area (Å²) in [5, 5.41) is 3.32. The van der Waals surface area contributed by atoms with Crippen LogP contribution < -0.4 is 5.32 Å². The van der Waals surface area contributed by atoms with Gasteiger partial charge in [0.15, 0.2) is 0 Å². The Morgan fingerprint density at radius 1 is 1.08 bits per heavy atom. The zero-order valence-electron chi connectivity index (χ0n) is 14.0. The average molecular weight is 378 g/mol. The van der Waals surface area contributed by atoms with Crippen LogP contribution in [0, 0.1) is 5.82 Å². The number of carbonyl (C=O) groups is 1. The van der Waals surface area contributed by atoms with Crippen LogP contribution in [0.1, 0.15) is 34.7 Å². The molecule has 1 aromatic rings. The molecule has 1 N–H and O–H groups in total. The molecule has 2 aliphatic heterocycles. The average Bonchev–Trinajstić information content (AvgIpc) is 2.55. The standard InChI is InChI=1S/C17H24FN3O.2ClH/c1-20-6-8-21(9-7-20)17(22)15-10-14(11-16(18)12-15)13-2-4-19-5-3-13;;/h10-13,19H,2-9H2,1H3;2*1H. The fraction of sp³-hybridized carbons (Fsp3) is 0.588. The number of amides is 1. The Morgan fingerprint density at radius 2 is 1.71 bits per heavy atom. The number of likely N-dealkylation sites (N-methyl/N-ethyl adjacent to an activating group) is 1. The molecule has 3 rings (SSSR count). The number of hydrogen-bond donors (Lipinski definition) is 1. The molecule has 0 atom stereocenters. The third kappa shape index (κ3) is 5.06. The van der Waals surface area contributed by atoms with Crippen molar-refractivity contribution in [1.29, 1.82) is 0 Å². The van der Waals surface area contributed by atoms with Crippen LogP contribution >= 0.6 is 24.8 Å². The van der Waals surface area contributed by atoms with Crippen molar-refractivity contribution in [2.45, 2.75) is 18.8 Å². The van der Waals surface area contributed by atoms with E-state index in [0.29, 0.717) is 24.6 Å². The number of piperidine rings is 1. The van der Waals surface area contributed by atoms with Gasteiger partial charge in [-0.05, 0) is 62.7 Å². The highest BCUT2D eigenvalue weighted by atomic mass is 35.5. The molecule has 7 heteroatoms. The van der Waals surface area contributed by atoms with Gasteiger partial charge in [0, 0.05) is 31.7 Å². The molecule has 2 aliphatic rings. The summed E-state index contributed by atoms with van der Waals surface area (Å²) in [5.74, 6) is 0.0206. The van der Waals surface area contributed by atoms with E-state index in [1.807, 2.05) is 11.0 Å². The number of hydrogen-bond acceptors (Lipinski definition) is 3. The van der Waals surface area contributed by atoms with Gasteiger partial charge in [0.05, 0.1) is 0 Å². The molecule has 0 radical (unpaired) electrons. The van der Waals surface area contributed by atoms with Crippen molar-refractivity contribution < 1.29 is 9.18 Å². The topological polar surface area (TPSA) is 35.6 Å². The minimum Gasteiger partial charge on any atom is -0.336 e. The van der Waals surface area contributed by atoms with Gasteiger partial charge in [0.25, 0.3) is 5.91 Å². The van der Waals surface area contributed by atoms with Crippen LogP contribution in [0.5, 0.6) is 0 Å². The Morgan fingerprint density at radius 3 is 2.33 bits per heavy atom. The van der Waals surface area contributed by atoms with Gasteiger partial charge in [0.2, 0.25) is 0 Å². The summed E-state index contributed by atoms with van der Waals surface area (Å²) in [6.07, 6.45) is 2.01. The monoisotopic (exact) mass is 377 g/mol. The number of halogens is 3. The second-order valence-electron chi connectivity index (χ2n) is 6.39. The molecule has 0 unspecified atom stereocenters. The molecule has 2 heterocycles. The Hall–Kier alpha value is -0.880. The molecule has 2 saturated heterocycles. The predicted octanol–water partition coefficient (Wildman–Crippen LogP) is 2.52. The number of nitrogens with one attached hydrogen (secondary N) is 1. The lowest BCUT2D eigenvalue weighted by Crippen LogP contribution is -2.47. The zero-order chi connectivity index (χ0) is 15.5. The van der Waals surface area contributed by atoms with Crippen molar-refractivity contribution in [3.8, 4) is 0 Å². The Balaban J connectivity index is 0.00000144. The maximum Gasteiger partial charge on any atom is 0.254 e. The van der Waals surface area contributed by atoms with Crippen molar-refractivity contribution in [1.82, 2.24) is 15.1 Å². The van der Waals surface area contributed by atoms with E-state index >= 15 is 0 Å². The molecule has 0 spiro atoms. The third-order valence-corrected chi connectivity index (χ3v) is 4.77. The van der Waals surface area contributed by atoms with Gasteiger partial charge in [-0.1, -0.05) is 0 Å². The van der Waals surface area contributed by atoms with Crippen LogP contribution in [0.3, 0.4) is 0 Å². The fourth-order valence-corrected chi connectivity index (χ4v) is 3.32. The molecule has 1 aromatic carbocycles. The summed E-state index contributed by atoms with van der Waals surface area (Å²) in [6.45, 7) is 5.11. The smallest absolute Gasteiger partial charge is 0.254 e. The SMILES string of the molecule is CN1CCN(C(=O)c2cc(F)cc(C3CCNCC3)c2)CC1.Cl.Cl. The first-order chi connectivity index (χ1) is 10.6. The van der Waals surface area contributed by atoms with Crippen LogP contribution in [-0.4, -0.2) is 62.0 Å². The number of carbonyl (C=O) groups excluding carboxylic acids is 1. The molecule has 136 valence electrons. The van der Waals surface area contributed by atoms with Crippen molar-refractivity contribution in [2.24, 2.45) is 0 Å². The molecular weight excluding hydrogens is 352 g/mol. The first-order valence-electron chi connectivity index (χ1n) is 8.12. The van der Waals surface area contributed by atoms with E-state index in [4.69, 9.17) is 0 Å². The van der Waals surface area contributed by atoms with Crippen molar-refractivity contribution in [2.75, 3.05) is 46.3 Å². The molecule has 24 heavy (non-hydrogen) atoms. The van der Waals surface area contributed by atoms with E-state index in [1.165, 1.54) is 6.07 Å². The Kier molecular flexibility index (Phi) is 8.43. The highest BCUT2D eigenvalue weighted by molar-refractivity contribution is 5.94. The molecule has 0 bridgehead atoms. The second-order valence-corrected chi connectivity index (χ2v) is 6.39. The molecule has 0 aliphatic carbocycles. The number of benzene rings is 1. The van der Waals surface area contributed by atoms with Crippen LogP contribution in [0.2, 0.25) is 0 Å². The van der Waals surface area contributed by atoms with Gasteiger partial charge >= 0.3 is 0 Å². The third-order valence-electron chi connectivity index (χ3n) is 4.77. The lowest BCUT2D eigenvalue weighted by molar-refractivity contribution is 0.0663. The quantitative estimate of drug-likeness (QED) is 0.859. The van der Waals surface area contributed by atoms with Gasteiger partial charge in [-0.3, -0.25) is 4.79 Å². The zero-order valence-corrected chi connectivity index (χ0v) is 15.6. The summed E-state index contributed by atoms with van der Waals surface area (Å²) in [7, 11) is 2.05. The van der Waals surface area contributed by atoms with Gasteiger partial charge in [-0.25, -0.2) is 4.39 Å². The first-order valence-corrected chi connectivity index (χ1v) is 8.12. The summed E-state index contributed by atoms with van der Waals surface area (Å²) in [5.41, 5.74) is 1.47. The highest BCUT2D eigenvalue weighted by Gasteiger charge is 2.23. The van der Waals surface area contributed by atoms with E-state index in [9.17, 15) is 9.18 Å². The summed E-state index contributed by atoms with van der Waals surface area (Å²) in [4.78, 5) is 16.7. The van der Waals surface area contributed by atoms with E-state index < -0.39 is 0 Å². The Labute approximate surface area is 155 Å². The molecule has 1 amide bonds. The number of nitrogens with zero attached hydrogens (tertiary/aromatic N) is 2. The van der Waals surface area contributed by atoms with E-state index in [2.05, 4.69) is 17.3 Å². The van der Waals surface area contributed by atoms with E-state index in [0.717, 1.165) is 44.6 Å². The normalized spacial score (nSPS) is 19.3. The van der Waals surface area contributed by atoms with Crippen LogP contribution in [0.15, 0.2) is 18.2 Å². The fourth-order valence-electron chi connectivity index (χ4n) is 3.32. The van der Waals surface area contributed by atoms with Crippen LogP contribution in [0.4, 0.5) is 4.39 Å². The van der Waals surface area contributed by atoms with Crippen molar-refractivity contribution in [3.05, 3.63) is 35.1 Å². The minimum atomic E-state index is -0.298. The lowest BCUT2D eigenvalue weighted by atomic mass is 9.89. The minimum absolute atomic E-state index is 0. The Bertz CT molecular complexity index is 545. The first kappa shape index (κ1) is 21.2. The van der Waals surface area contributed by atoms with Crippen molar-refractivity contribution >= 4 is 30.7 Å². The van der Waals surface area contributed by atoms with E-state index in [-0.39, 0.29) is 36.5 Å². The maximum atomic E-state index is 14.0. The number of piperazine rings is 1. The molecule has 0 saturated carbocycles. The number of rotatable bonds is 2. The largest absolute Gasteiger partial charge is 0.336 e. The molecular formula is C17H26Cl2FN3O. The predicted molar refractivity (Wildman–Crippen MR) is 99.1 cm³/mol. The lowest BCUT2D eigenvalue weighted by Gasteiger charge is -2.32. The summed E-state index contributed by atoms with van der Waals surface area (Å²) in [6, 6.07) is 4.88. The maximum absolute atomic E-state index is 14.0. The van der Waals surface area contributed by atoms with Crippen LogP contribution in [0.25, 0.3) is 0 Å². The van der Waals surface area contributed by atoms with E-state index in [1.54, 1.807) is 6.07 Å². The van der Waals surface area contributed by atoms with Gasteiger partial charge in [-0.2, -0.15) is 0 Å². The second kappa shape index (κ2) is 9.56. The van der Waals surface area contributed by atoms with Crippen LogP contribution in [-0.2, 0) is 0 Å². The van der Waals surface area contributed by atoms with Gasteiger partial charge in [-0.15, -0.1) is 24.8 Å².